The van der Waals surface area contributed by atoms with Gasteiger partial charge in [-0.25, -0.2) is 0 Å². The van der Waals surface area contributed by atoms with E-state index in [1.807, 2.05) is 71.6 Å². The van der Waals surface area contributed by atoms with Crippen molar-refractivity contribution in [2.45, 2.75) is 30.8 Å². The van der Waals surface area contributed by atoms with Crippen LogP contribution in [0.4, 0.5) is 11.4 Å². The summed E-state index contributed by atoms with van der Waals surface area (Å²) in [6.07, 6.45) is 3.02. The molecule has 1 fully saturated rings. The van der Waals surface area contributed by atoms with Crippen molar-refractivity contribution in [3.8, 4) is 11.1 Å². The van der Waals surface area contributed by atoms with Gasteiger partial charge in [-0.2, -0.15) is 4.91 Å². The number of carbonyl (C=O) groups excluding carboxylic acids is 1. The minimum absolute atomic E-state index is 0.0783. The standard InChI is InChI=1S/C31H28N4O2/c36-30-31(17-19-34(27(20-31)21-33-37)22-25-10-6-7-18-32-25)28-11-4-5-12-29(28)35(30)26-15-13-24(14-16-26)23-8-2-1-3-9-23/h1-16,18,27H,17,19-22H2. The highest BCUT2D eigenvalue weighted by Crippen LogP contribution is 2.52. The van der Waals surface area contributed by atoms with E-state index >= 15 is 0 Å². The van der Waals surface area contributed by atoms with Gasteiger partial charge in [0.2, 0.25) is 5.91 Å². The molecule has 0 saturated carbocycles. The van der Waals surface area contributed by atoms with Crippen molar-refractivity contribution in [3.05, 3.63) is 119 Å². The number of para-hydroxylation sites is 1. The molecule has 2 atom stereocenters. The van der Waals surface area contributed by atoms with Crippen LogP contribution in [0.15, 0.2) is 108 Å². The fourth-order valence-corrected chi connectivity index (χ4v) is 5.97. The third-order valence-electron chi connectivity index (χ3n) is 7.81. The SMILES string of the molecule is O=NCC1CC2(CCN1Cc1ccccn1)C(=O)N(c1ccc(-c3ccccc3)cc1)c1ccccc12. The van der Waals surface area contributed by atoms with E-state index in [1.54, 1.807) is 6.20 Å². The zero-order valence-electron chi connectivity index (χ0n) is 20.5. The number of amides is 1. The van der Waals surface area contributed by atoms with Crippen LogP contribution in [-0.4, -0.2) is 34.9 Å². The molecule has 37 heavy (non-hydrogen) atoms. The maximum absolute atomic E-state index is 14.3. The average Bonchev–Trinajstić information content (AvgIpc) is 3.19. The lowest BCUT2D eigenvalue weighted by molar-refractivity contribution is -0.125. The number of aromatic nitrogens is 1. The summed E-state index contributed by atoms with van der Waals surface area (Å²) in [7, 11) is 0. The first kappa shape index (κ1) is 23.3. The molecule has 6 nitrogen and oxygen atoms in total. The molecule has 0 bridgehead atoms. The molecule has 3 heterocycles. The second-order valence-electron chi connectivity index (χ2n) is 9.86. The maximum atomic E-state index is 14.3. The molecule has 1 aromatic heterocycles. The van der Waals surface area contributed by atoms with E-state index in [2.05, 4.69) is 45.4 Å². The first-order valence-corrected chi connectivity index (χ1v) is 12.7. The third kappa shape index (κ3) is 4.13. The van der Waals surface area contributed by atoms with Crippen LogP contribution < -0.4 is 4.90 Å². The van der Waals surface area contributed by atoms with Crippen LogP contribution in [0.5, 0.6) is 0 Å². The lowest BCUT2D eigenvalue weighted by Crippen LogP contribution is -2.53. The Morgan fingerprint density at radius 3 is 2.35 bits per heavy atom. The van der Waals surface area contributed by atoms with Gasteiger partial charge in [-0.3, -0.25) is 19.6 Å². The van der Waals surface area contributed by atoms with Crippen LogP contribution in [0.2, 0.25) is 0 Å². The molecule has 2 aliphatic rings. The van der Waals surface area contributed by atoms with Gasteiger partial charge in [0.25, 0.3) is 0 Å². The molecular weight excluding hydrogens is 460 g/mol. The van der Waals surface area contributed by atoms with Crippen LogP contribution in [0.3, 0.4) is 0 Å². The summed E-state index contributed by atoms with van der Waals surface area (Å²) in [4.78, 5) is 34.3. The molecule has 1 saturated heterocycles. The van der Waals surface area contributed by atoms with Crippen molar-refractivity contribution < 1.29 is 4.79 Å². The van der Waals surface area contributed by atoms with E-state index in [1.165, 1.54) is 0 Å². The van der Waals surface area contributed by atoms with Crippen molar-refractivity contribution in [2.75, 3.05) is 18.0 Å². The Morgan fingerprint density at radius 2 is 1.59 bits per heavy atom. The normalized spacial score (nSPS) is 21.2. The minimum Gasteiger partial charge on any atom is -0.292 e. The zero-order valence-corrected chi connectivity index (χ0v) is 20.5. The van der Waals surface area contributed by atoms with Gasteiger partial charge in [0.1, 0.15) is 0 Å². The van der Waals surface area contributed by atoms with Gasteiger partial charge >= 0.3 is 0 Å². The first-order valence-electron chi connectivity index (χ1n) is 12.7. The van der Waals surface area contributed by atoms with E-state index < -0.39 is 5.41 Å². The third-order valence-corrected chi connectivity index (χ3v) is 7.81. The van der Waals surface area contributed by atoms with Crippen molar-refractivity contribution >= 4 is 17.3 Å². The number of nitrogens with zero attached hydrogens (tertiary/aromatic N) is 4. The van der Waals surface area contributed by atoms with Gasteiger partial charge in [0, 0.05) is 31.0 Å². The van der Waals surface area contributed by atoms with Gasteiger partial charge in [0.05, 0.1) is 23.3 Å². The predicted molar refractivity (Wildman–Crippen MR) is 145 cm³/mol. The molecule has 184 valence electrons. The van der Waals surface area contributed by atoms with Crippen LogP contribution in [0.1, 0.15) is 24.1 Å². The molecule has 0 N–H and O–H groups in total. The van der Waals surface area contributed by atoms with Crippen LogP contribution in [0, 0.1) is 4.91 Å². The Hall–Kier alpha value is -4.16. The van der Waals surface area contributed by atoms with E-state index in [0.717, 1.165) is 33.8 Å². The number of fused-ring (bicyclic) bond motifs is 2. The van der Waals surface area contributed by atoms with E-state index in [-0.39, 0.29) is 18.5 Å². The van der Waals surface area contributed by atoms with Gasteiger partial charge < -0.3 is 0 Å². The smallest absolute Gasteiger partial charge is 0.242 e. The second kappa shape index (κ2) is 9.71. The largest absolute Gasteiger partial charge is 0.292 e. The number of piperidine rings is 1. The summed E-state index contributed by atoms with van der Waals surface area (Å²) in [6.45, 7) is 1.48. The topological polar surface area (TPSA) is 65.9 Å². The summed E-state index contributed by atoms with van der Waals surface area (Å²) in [5, 5.41) is 3.27. The Balaban J connectivity index is 1.33. The van der Waals surface area contributed by atoms with Crippen LogP contribution in [-0.2, 0) is 16.8 Å². The summed E-state index contributed by atoms with van der Waals surface area (Å²) in [6, 6.07) is 32.2. The number of hydrogen-bond donors (Lipinski definition) is 0. The van der Waals surface area contributed by atoms with E-state index in [9.17, 15) is 9.70 Å². The van der Waals surface area contributed by atoms with Gasteiger partial charge in [-0.05, 0) is 59.9 Å². The van der Waals surface area contributed by atoms with Crippen molar-refractivity contribution in [2.24, 2.45) is 5.18 Å². The zero-order chi connectivity index (χ0) is 25.2. The predicted octanol–water partition coefficient (Wildman–Crippen LogP) is 6.10. The molecule has 6 heteroatoms. The van der Waals surface area contributed by atoms with E-state index in [0.29, 0.717) is 25.9 Å². The monoisotopic (exact) mass is 488 g/mol. The summed E-state index contributed by atoms with van der Waals surface area (Å²) in [5.74, 6) is 0.0783. The Labute approximate surface area is 216 Å². The molecule has 0 radical (unpaired) electrons. The Morgan fingerprint density at radius 1 is 0.865 bits per heavy atom. The molecular formula is C31H28N4O2. The number of nitroso groups, excluding NO2 is 1. The molecule has 0 aliphatic carbocycles. The number of anilines is 2. The van der Waals surface area contributed by atoms with E-state index in [4.69, 9.17) is 0 Å². The highest BCUT2D eigenvalue weighted by atomic mass is 16.3. The minimum atomic E-state index is -0.676. The molecule has 2 unspecified atom stereocenters. The molecule has 1 spiro atoms. The number of carbonyl (C=O) groups is 1. The first-order chi connectivity index (χ1) is 18.2. The fraction of sp³-hybridized carbons (Fsp3) is 0.226. The Kier molecular flexibility index (Phi) is 6.10. The highest BCUT2D eigenvalue weighted by molar-refractivity contribution is 6.13. The molecule has 1 amide bonds. The molecule has 6 rings (SSSR count). The number of hydrogen-bond acceptors (Lipinski definition) is 5. The summed E-state index contributed by atoms with van der Waals surface area (Å²) in [5.41, 5.74) is 5.35. The van der Waals surface area contributed by atoms with Gasteiger partial charge in [-0.1, -0.05) is 71.9 Å². The summed E-state index contributed by atoms with van der Waals surface area (Å²) < 4.78 is 0. The highest BCUT2D eigenvalue weighted by Gasteiger charge is 2.54. The number of rotatable bonds is 6. The quantitative estimate of drug-likeness (QED) is 0.308. The lowest BCUT2D eigenvalue weighted by Gasteiger charge is -2.43. The number of benzene rings is 3. The van der Waals surface area contributed by atoms with Gasteiger partial charge in [-0.15, -0.1) is 0 Å². The molecule has 2 aliphatic heterocycles. The van der Waals surface area contributed by atoms with Crippen molar-refractivity contribution in [1.29, 1.82) is 0 Å². The number of likely N-dealkylation sites (tertiary alicyclic amines) is 1. The molecule has 4 aromatic rings. The number of pyridine rings is 1. The van der Waals surface area contributed by atoms with Crippen molar-refractivity contribution in [1.82, 2.24) is 9.88 Å². The average molecular weight is 489 g/mol. The lowest BCUT2D eigenvalue weighted by atomic mass is 9.71. The van der Waals surface area contributed by atoms with Crippen LogP contribution >= 0.6 is 0 Å². The Bertz CT molecular complexity index is 1410. The van der Waals surface area contributed by atoms with Crippen molar-refractivity contribution in [3.63, 3.8) is 0 Å². The van der Waals surface area contributed by atoms with Gasteiger partial charge in [0.15, 0.2) is 0 Å². The molecule has 3 aromatic carbocycles. The second-order valence-corrected chi connectivity index (χ2v) is 9.86. The van der Waals surface area contributed by atoms with Crippen LogP contribution in [0.25, 0.3) is 11.1 Å². The maximum Gasteiger partial charge on any atom is 0.242 e. The fourth-order valence-electron chi connectivity index (χ4n) is 5.97. The summed E-state index contributed by atoms with van der Waals surface area (Å²) >= 11 is 0.